The van der Waals surface area contributed by atoms with E-state index in [2.05, 4.69) is 95.0 Å². The van der Waals surface area contributed by atoms with E-state index in [-0.39, 0.29) is 22.8 Å². The Kier molecular flexibility index (Phi) is 12.1. The van der Waals surface area contributed by atoms with E-state index in [1.807, 2.05) is 12.1 Å². The van der Waals surface area contributed by atoms with Crippen LogP contribution in [0.4, 0.5) is 0 Å². The lowest BCUT2D eigenvalue weighted by Gasteiger charge is -2.29. The smallest absolute Gasteiger partial charge is 0.335 e. The third kappa shape index (κ3) is 11.3. The molecule has 0 unspecified atom stereocenters. The number of aliphatic carboxylic acids is 1. The predicted molar refractivity (Wildman–Crippen MR) is 176 cm³/mol. The molecule has 0 amide bonds. The first-order valence-corrected chi connectivity index (χ1v) is 15.7. The van der Waals surface area contributed by atoms with Crippen LogP contribution in [-0.2, 0) is 28.6 Å². The van der Waals surface area contributed by atoms with Crippen LogP contribution < -0.4 is 0 Å². The lowest BCUT2D eigenvalue weighted by molar-refractivity contribution is -0.137. The SMILES string of the molecule is CC(C)(C)c1cc(CCC[C@@H](CN(CCCCC(=O)O)Cc2ccc(C(=O)O)cc2)c2ccccc2)cc(C(C)(C)C)c1. The molecule has 0 spiro atoms. The van der Waals surface area contributed by atoms with E-state index in [1.165, 1.54) is 22.3 Å². The molecule has 43 heavy (non-hydrogen) atoms. The van der Waals surface area contributed by atoms with Gasteiger partial charge < -0.3 is 10.2 Å². The first-order chi connectivity index (χ1) is 20.2. The number of rotatable bonds is 15. The van der Waals surface area contributed by atoms with E-state index in [1.54, 1.807) is 12.1 Å². The largest absolute Gasteiger partial charge is 0.481 e. The van der Waals surface area contributed by atoms with Crippen molar-refractivity contribution in [3.63, 3.8) is 0 Å². The minimum atomic E-state index is -0.927. The van der Waals surface area contributed by atoms with Crippen molar-refractivity contribution in [2.24, 2.45) is 0 Å². The van der Waals surface area contributed by atoms with Gasteiger partial charge in [0, 0.05) is 19.5 Å². The Morgan fingerprint density at radius 2 is 1.35 bits per heavy atom. The second-order valence-corrected chi connectivity index (χ2v) is 14.0. The van der Waals surface area contributed by atoms with E-state index >= 15 is 0 Å². The van der Waals surface area contributed by atoms with Gasteiger partial charge in [-0.1, -0.05) is 102 Å². The molecule has 0 radical (unpaired) electrons. The lowest BCUT2D eigenvalue weighted by atomic mass is 9.79. The van der Waals surface area contributed by atoms with Crippen molar-refractivity contribution in [2.45, 2.75) is 103 Å². The number of aryl methyl sites for hydroxylation is 1. The quantitative estimate of drug-likeness (QED) is 0.174. The average Bonchev–Trinajstić information content (AvgIpc) is 2.94. The second-order valence-electron chi connectivity index (χ2n) is 14.0. The molecule has 3 rings (SSSR count). The topological polar surface area (TPSA) is 77.8 Å². The maximum atomic E-state index is 11.3. The summed E-state index contributed by atoms with van der Waals surface area (Å²) >= 11 is 0. The van der Waals surface area contributed by atoms with Crippen molar-refractivity contribution in [2.75, 3.05) is 13.1 Å². The van der Waals surface area contributed by atoms with Crippen molar-refractivity contribution < 1.29 is 19.8 Å². The van der Waals surface area contributed by atoms with E-state index < -0.39 is 11.9 Å². The maximum Gasteiger partial charge on any atom is 0.335 e. The van der Waals surface area contributed by atoms with Crippen LogP contribution in [0.15, 0.2) is 72.8 Å². The molecule has 1 atom stereocenters. The zero-order valence-electron chi connectivity index (χ0n) is 27.0. The van der Waals surface area contributed by atoms with Crippen LogP contribution in [0.5, 0.6) is 0 Å². The average molecular weight is 586 g/mol. The van der Waals surface area contributed by atoms with Gasteiger partial charge in [-0.15, -0.1) is 0 Å². The summed E-state index contributed by atoms with van der Waals surface area (Å²) in [5.74, 6) is -1.36. The minimum Gasteiger partial charge on any atom is -0.481 e. The van der Waals surface area contributed by atoms with Crippen LogP contribution in [0.3, 0.4) is 0 Å². The molecule has 5 heteroatoms. The van der Waals surface area contributed by atoms with Gasteiger partial charge in [-0.25, -0.2) is 4.79 Å². The fraction of sp³-hybridized carbons (Fsp3) is 0.474. The number of unbranched alkanes of at least 4 members (excludes halogenated alkanes) is 1. The Balaban J connectivity index is 1.80. The van der Waals surface area contributed by atoms with Crippen LogP contribution in [0, 0.1) is 0 Å². The van der Waals surface area contributed by atoms with Crippen molar-refractivity contribution in [1.82, 2.24) is 4.90 Å². The highest BCUT2D eigenvalue weighted by atomic mass is 16.4. The molecule has 5 nitrogen and oxygen atoms in total. The molecule has 232 valence electrons. The molecule has 0 saturated heterocycles. The van der Waals surface area contributed by atoms with Crippen molar-refractivity contribution in [3.8, 4) is 0 Å². The Labute approximate surface area is 259 Å². The van der Waals surface area contributed by atoms with Gasteiger partial charge in [0.25, 0.3) is 0 Å². The molecular formula is C38H51NO4. The van der Waals surface area contributed by atoms with Gasteiger partial charge in [-0.2, -0.15) is 0 Å². The van der Waals surface area contributed by atoms with Gasteiger partial charge >= 0.3 is 11.9 Å². The summed E-state index contributed by atoms with van der Waals surface area (Å²) in [4.78, 5) is 24.9. The molecule has 3 aromatic carbocycles. The van der Waals surface area contributed by atoms with Crippen LogP contribution in [-0.4, -0.2) is 40.1 Å². The summed E-state index contributed by atoms with van der Waals surface area (Å²) in [6, 6.07) is 24.9. The standard InChI is InChI=1S/C38H51NO4/c1-37(2,3)33-23-29(24-34(25-33)38(4,5)6)13-12-16-32(30-14-8-7-9-15-30)27-39(22-11-10-17-35(40)41)26-28-18-20-31(21-19-28)36(42)43/h7-9,14-15,18-21,23-25,32H,10-13,16-17,22,26-27H2,1-6H3,(H,40,41)(H,42,43)/t32-/m0/s1. The van der Waals surface area contributed by atoms with Gasteiger partial charge in [0.15, 0.2) is 0 Å². The maximum absolute atomic E-state index is 11.3. The fourth-order valence-corrected chi connectivity index (χ4v) is 5.51. The fourth-order valence-electron chi connectivity index (χ4n) is 5.51. The Hall–Kier alpha value is -3.44. The third-order valence-corrected chi connectivity index (χ3v) is 8.21. The summed E-state index contributed by atoms with van der Waals surface area (Å²) in [5.41, 5.74) is 7.00. The number of hydrogen-bond acceptors (Lipinski definition) is 3. The van der Waals surface area contributed by atoms with Crippen LogP contribution in [0.25, 0.3) is 0 Å². The summed E-state index contributed by atoms with van der Waals surface area (Å²) in [6.45, 7) is 16.0. The molecule has 0 bridgehead atoms. The van der Waals surface area contributed by atoms with Gasteiger partial charge in [-0.05, 0) is 95.3 Å². The first kappa shape index (κ1) is 34.1. The van der Waals surface area contributed by atoms with Gasteiger partial charge in [0.1, 0.15) is 0 Å². The number of hydrogen-bond donors (Lipinski definition) is 2. The van der Waals surface area contributed by atoms with Crippen LogP contribution >= 0.6 is 0 Å². The van der Waals surface area contributed by atoms with Gasteiger partial charge in [0.05, 0.1) is 5.56 Å². The number of benzene rings is 3. The molecule has 0 saturated carbocycles. The normalized spacial score (nSPS) is 12.8. The molecule has 0 aliphatic heterocycles. The van der Waals surface area contributed by atoms with E-state index in [0.29, 0.717) is 18.9 Å². The molecule has 0 fully saturated rings. The molecular weight excluding hydrogens is 534 g/mol. The highest BCUT2D eigenvalue weighted by Crippen LogP contribution is 2.32. The van der Waals surface area contributed by atoms with Crippen molar-refractivity contribution >= 4 is 11.9 Å². The minimum absolute atomic E-state index is 0.0897. The Morgan fingerprint density at radius 3 is 1.88 bits per heavy atom. The summed E-state index contributed by atoms with van der Waals surface area (Å²) in [5, 5.41) is 18.4. The van der Waals surface area contributed by atoms with E-state index in [9.17, 15) is 14.7 Å². The third-order valence-electron chi connectivity index (χ3n) is 8.21. The molecule has 0 aliphatic rings. The van der Waals surface area contributed by atoms with Gasteiger partial charge in [0.2, 0.25) is 0 Å². The summed E-state index contributed by atoms with van der Waals surface area (Å²) in [7, 11) is 0. The first-order valence-electron chi connectivity index (χ1n) is 15.7. The second kappa shape index (κ2) is 15.3. The van der Waals surface area contributed by atoms with E-state index in [0.717, 1.165) is 44.3 Å². The molecule has 0 aromatic heterocycles. The van der Waals surface area contributed by atoms with Crippen LogP contribution in [0.1, 0.15) is 118 Å². The predicted octanol–water partition coefficient (Wildman–Crippen LogP) is 8.84. The number of nitrogens with zero attached hydrogens (tertiary/aromatic N) is 1. The summed E-state index contributed by atoms with van der Waals surface area (Å²) in [6.07, 6.45) is 4.74. The molecule has 0 aliphatic carbocycles. The number of aromatic carboxylic acids is 1. The number of carbonyl (C=O) groups is 2. The lowest BCUT2D eigenvalue weighted by Crippen LogP contribution is -2.30. The van der Waals surface area contributed by atoms with E-state index in [4.69, 9.17) is 5.11 Å². The monoisotopic (exact) mass is 585 g/mol. The van der Waals surface area contributed by atoms with Crippen LogP contribution in [0.2, 0.25) is 0 Å². The zero-order valence-corrected chi connectivity index (χ0v) is 27.0. The Bertz CT molecular complexity index is 1280. The summed E-state index contributed by atoms with van der Waals surface area (Å²) < 4.78 is 0. The molecule has 2 N–H and O–H groups in total. The molecule has 0 heterocycles. The number of carboxylic acids is 2. The zero-order chi connectivity index (χ0) is 31.6. The Morgan fingerprint density at radius 1 is 0.744 bits per heavy atom. The highest BCUT2D eigenvalue weighted by Gasteiger charge is 2.21. The highest BCUT2D eigenvalue weighted by molar-refractivity contribution is 5.87. The van der Waals surface area contributed by atoms with Gasteiger partial charge in [-0.3, -0.25) is 9.69 Å². The van der Waals surface area contributed by atoms with Crippen molar-refractivity contribution in [1.29, 1.82) is 0 Å². The molecule has 3 aromatic rings. The van der Waals surface area contributed by atoms with Crippen molar-refractivity contribution in [3.05, 3.63) is 106 Å². The number of carboxylic acid groups (broad SMARTS) is 2.